The maximum atomic E-state index is 12.9. The number of phenolic OH excluding ortho intramolecular Hbond substituents is 2. The fraction of sp³-hybridized carbons (Fsp3) is 0.136. The Hall–Kier alpha value is -4.07. The molecule has 0 bridgehead atoms. The van der Waals surface area contributed by atoms with Gasteiger partial charge >= 0.3 is 5.97 Å². The average molecular weight is 406 g/mol. The van der Waals surface area contributed by atoms with Crippen molar-refractivity contribution in [2.45, 2.75) is 13.0 Å². The standard InChI is InChI=1S/C22H18N2O6/c1-12(21(28)24-11-19(26)23-16-8-4-5-9-17(16)24)30-22(29)15-10-18(25)13-6-2-3-7-14(13)20(15)27/h2-10,12,25,27H,11H2,1H3,(H,23,26)/t12-/m1/s1. The molecule has 1 heterocycles. The summed E-state index contributed by atoms with van der Waals surface area (Å²) in [6, 6.07) is 14.4. The number of fused-ring (bicyclic) bond motifs is 2. The van der Waals surface area contributed by atoms with Gasteiger partial charge in [0.25, 0.3) is 5.91 Å². The summed E-state index contributed by atoms with van der Waals surface area (Å²) in [5, 5.41) is 24.0. The summed E-state index contributed by atoms with van der Waals surface area (Å²) in [6.45, 7) is 1.17. The SMILES string of the molecule is C[C@@H](OC(=O)c1cc(O)c2ccccc2c1O)C(=O)N1CC(=O)Nc2ccccc21. The highest BCUT2D eigenvalue weighted by molar-refractivity contribution is 6.11. The van der Waals surface area contributed by atoms with Gasteiger partial charge in [-0.3, -0.25) is 14.5 Å². The minimum Gasteiger partial charge on any atom is -0.507 e. The molecule has 3 aromatic carbocycles. The lowest BCUT2D eigenvalue weighted by atomic mass is 10.0. The van der Waals surface area contributed by atoms with Crippen LogP contribution < -0.4 is 10.2 Å². The van der Waals surface area contributed by atoms with E-state index in [4.69, 9.17) is 4.74 Å². The van der Waals surface area contributed by atoms with Crippen LogP contribution in [0.2, 0.25) is 0 Å². The van der Waals surface area contributed by atoms with Crippen LogP contribution in [0.25, 0.3) is 10.8 Å². The number of anilines is 2. The van der Waals surface area contributed by atoms with Gasteiger partial charge in [-0.2, -0.15) is 0 Å². The monoisotopic (exact) mass is 406 g/mol. The molecule has 2 amide bonds. The van der Waals surface area contributed by atoms with Gasteiger partial charge in [-0.15, -0.1) is 0 Å². The lowest BCUT2D eigenvalue weighted by molar-refractivity contribution is -0.128. The molecule has 0 spiro atoms. The molecule has 8 nitrogen and oxygen atoms in total. The van der Waals surface area contributed by atoms with E-state index in [0.717, 1.165) is 6.07 Å². The minimum absolute atomic E-state index is 0.198. The van der Waals surface area contributed by atoms with Gasteiger partial charge in [-0.1, -0.05) is 36.4 Å². The molecule has 1 aliphatic heterocycles. The maximum absolute atomic E-state index is 12.9. The van der Waals surface area contributed by atoms with Crippen LogP contribution in [0.4, 0.5) is 11.4 Å². The van der Waals surface area contributed by atoms with E-state index >= 15 is 0 Å². The van der Waals surface area contributed by atoms with Gasteiger partial charge in [0.05, 0.1) is 11.4 Å². The largest absolute Gasteiger partial charge is 0.507 e. The Kier molecular flexibility index (Phi) is 4.75. The van der Waals surface area contributed by atoms with E-state index in [0.29, 0.717) is 16.8 Å². The second-order valence-electron chi connectivity index (χ2n) is 6.87. The topological polar surface area (TPSA) is 116 Å². The molecule has 1 aliphatic rings. The molecule has 8 heteroatoms. The average Bonchev–Trinajstić information content (AvgIpc) is 2.75. The van der Waals surface area contributed by atoms with E-state index in [-0.39, 0.29) is 34.9 Å². The third-order valence-corrected chi connectivity index (χ3v) is 4.88. The third kappa shape index (κ3) is 3.28. The van der Waals surface area contributed by atoms with E-state index < -0.39 is 18.0 Å². The zero-order chi connectivity index (χ0) is 21.4. The number of rotatable bonds is 3. The Labute approximate surface area is 171 Å². The Morgan fingerprint density at radius 3 is 2.50 bits per heavy atom. The molecular formula is C22H18N2O6. The van der Waals surface area contributed by atoms with Gasteiger partial charge in [0.15, 0.2) is 6.10 Å². The van der Waals surface area contributed by atoms with E-state index in [1.807, 2.05) is 0 Å². The van der Waals surface area contributed by atoms with Gasteiger partial charge in [0.2, 0.25) is 5.91 Å². The molecular weight excluding hydrogens is 388 g/mol. The predicted octanol–water partition coefficient (Wildman–Crippen LogP) is 2.78. The van der Waals surface area contributed by atoms with E-state index in [1.165, 1.54) is 11.8 Å². The number of nitrogens with one attached hydrogen (secondary N) is 1. The number of phenols is 2. The number of aromatic hydroxyl groups is 2. The van der Waals surface area contributed by atoms with E-state index in [2.05, 4.69) is 5.32 Å². The summed E-state index contributed by atoms with van der Waals surface area (Å²) >= 11 is 0. The molecule has 0 saturated heterocycles. The summed E-state index contributed by atoms with van der Waals surface area (Å²) in [4.78, 5) is 38.7. The van der Waals surface area contributed by atoms with E-state index in [1.54, 1.807) is 48.5 Å². The molecule has 0 unspecified atom stereocenters. The van der Waals surface area contributed by atoms with Crippen molar-refractivity contribution in [1.29, 1.82) is 0 Å². The Morgan fingerprint density at radius 1 is 1.07 bits per heavy atom. The first kappa shape index (κ1) is 19.3. The molecule has 0 fully saturated rings. The van der Waals surface area contributed by atoms with E-state index in [9.17, 15) is 24.6 Å². The van der Waals surface area contributed by atoms with Crippen LogP contribution in [0.3, 0.4) is 0 Å². The number of para-hydroxylation sites is 2. The Balaban J connectivity index is 1.59. The second kappa shape index (κ2) is 7.40. The Bertz CT molecular complexity index is 1190. The highest BCUT2D eigenvalue weighted by atomic mass is 16.5. The maximum Gasteiger partial charge on any atom is 0.342 e. The van der Waals surface area contributed by atoms with Gasteiger partial charge in [0, 0.05) is 10.8 Å². The van der Waals surface area contributed by atoms with Crippen LogP contribution in [0.5, 0.6) is 11.5 Å². The van der Waals surface area contributed by atoms with Crippen LogP contribution in [0, 0.1) is 0 Å². The number of hydrogen-bond donors (Lipinski definition) is 3. The zero-order valence-corrected chi connectivity index (χ0v) is 16.0. The molecule has 3 N–H and O–H groups in total. The summed E-state index contributed by atoms with van der Waals surface area (Å²) in [5.41, 5.74) is 0.719. The number of benzene rings is 3. The number of hydrogen-bond acceptors (Lipinski definition) is 6. The molecule has 0 saturated carbocycles. The first-order valence-electron chi connectivity index (χ1n) is 9.21. The highest BCUT2D eigenvalue weighted by Gasteiger charge is 2.32. The van der Waals surface area contributed by atoms with Crippen LogP contribution >= 0.6 is 0 Å². The van der Waals surface area contributed by atoms with Crippen molar-refractivity contribution >= 4 is 39.9 Å². The fourth-order valence-electron chi connectivity index (χ4n) is 3.42. The summed E-state index contributed by atoms with van der Waals surface area (Å²) in [5.74, 6) is -2.47. The first-order chi connectivity index (χ1) is 14.4. The van der Waals surface area contributed by atoms with Crippen LogP contribution in [-0.4, -0.2) is 40.6 Å². The number of carbonyl (C=O) groups excluding carboxylic acids is 3. The molecule has 1 atom stereocenters. The molecule has 4 rings (SSSR count). The second-order valence-corrected chi connectivity index (χ2v) is 6.87. The normalized spacial score (nSPS) is 14.0. The molecule has 3 aromatic rings. The molecule has 0 radical (unpaired) electrons. The van der Waals surface area contributed by atoms with Crippen LogP contribution in [-0.2, 0) is 14.3 Å². The summed E-state index contributed by atoms with van der Waals surface area (Å²) in [6.07, 6.45) is -1.23. The number of carbonyl (C=O) groups is 3. The molecule has 30 heavy (non-hydrogen) atoms. The lowest BCUT2D eigenvalue weighted by Gasteiger charge is -2.30. The van der Waals surface area contributed by atoms with Crippen molar-refractivity contribution < 1.29 is 29.3 Å². The minimum atomic E-state index is -1.23. The van der Waals surface area contributed by atoms with Crippen molar-refractivity contribution in [2.24, 2.45) is 0 Å². The fourth-order valence-corrected chi connectivity index (χ4v) is 3.42. The molecule has 0 aliphatic carbocycles. The molecule has 152 valence electrons. The van der Waals surface area contributed by atoms with Crippen LogP contribution in [0.15, 0.2) is 54.6 Å². The smallest absolute Gasteiger partial charge is 0.342 e. The molecule has 0 aromatic heterocycles. The number of ether oxygens (including phenoxy) is 1. The van der Waals surface area contributed by atoms with Gasteiger partial charge in [-0.05, 0) is 25.1 Å². The number of amides is 2. The van der Waals surface area contributed by atoms with Crippen molar-refractivity contribution in [3.63, 3.8) is 0 Å². The number of esters is 1. The lowest BCUT2D eigenvalue weighted by Crippen LogP contribution is -2.47. The van der Waals surface area contributed by atoms with Crippen molar-refractivity contribution in [3.05, 3.63) is 60.2 Å². The summed E-state index contributed by atoms with van der Waals surface area (Å²) < 4.78 is 5.25. The quantitative estimate of drug-likeness (QED) is 0.455. The van der Waals surface area contributed by atoms with Gasteiger partial charge < -0.3 is 20.3 Å². The zero-order valence-electron chi connectivity index (χ0n) is 16.0. The highest BCUT2D eigenvalue weighted by Crippen LogP contribution is 2.36. The van der Waals surface area contributed by atoms with Crippen molar-refractivity contribution in [2.75, 3.05) is 16.8 Å². The summed E-state index contributed by atoms with van der Waals surface area (Å²) in [7, 11) is 0. The van der Waals surface area contributed by atoms with Gasteiger partial charge in [0.1, 0.15) is 23.6 Å². The third-order valence-electron chi connectivity index (χ3n) is 4.88. The Morgan fingerprint density at radius 2 is 1.73 bits per heavy atom. The van der Waals surface area contributed by atoms with Crippen molar-refractivity contribution in [3.8, 4) is 11.5 Å². The van der Waals surface area contributed by atoms with Crippen molar-refractivity contribution in [1.82, 2.24) is 0 Å². The first-order valence-corrected chi connectivity index (χ1v) is 9.21. The van der Waals surface area contributed by atoms with Crippen LogP contribution in [0.1, 0.15) is 17.3 Å². The predicted molar refractivity (Wildman–Crippen MR) is 110 cm³/mol. The van der Waals surface area contributed by atoms with Gasteiger partial charge in [-0.25, -0.2) is 4.79 Å². The number of nitrogens with zero attached hydrogens (tertiary/aromatic N) is 1.